The van der Waals surface area contributed by atoms with Crippen LogP contribution in [-0.2, 0) is 13.0 Å². The van der Waals surface area contributed by atoms with Gasteiger partial charge in [0.2, 0.25) is 0 Å². The van der Waals surface area contributed by atoms with Gasteiger partial charge in [0.25, 0.3) is 0 Å². The van der Waals surface area contributed by atoms with Gasteiger partial charge in [0.05, 0.1) is 17.9 Å². The van der Waals surface area contributed by atoms with Crippen LogP contribution in [0.1, 0.15) is 16.8 Å². The number of para-hydroxylation sites is 1. The number of carbonyl (C=O) groups excluding carboxylic acids is 1. The smallest absolute Gasteiger partial charge is 0.320 e. The minimum atomic E-state index is -0.117. The molecule has 3 heterocycles. The fraction of sp³-hybridized carbons (Fsp3) is 0.154. The molecule has 0 spiro atoms. The van der Waals surface area contributed by atoms with Crippen molar-refractivity contribution in [2.75, 3.05) is 11.9 Å². The maximum Gasteiger partial charge on any atom is 0.322 e. The van der Waals surface area contributed by atoms with Gasteiger partial charge < -0.3 is 10.2 Å². The first-order valence-corrected chi connectivity index (χ1v) is 10.7. The Morgan fingerprint density at radius 3 is 2.56 bits per heavy atom. The van der Waals surface area contributed by atoms with E-state index in [9.17, 15) is 4.79 Å². The van der Waals surface area contributed by atoms with Gasteiger partial charge in [-0.05, 0) is 36.8 Å². The number of aryl methyl sites for hydroxylation is 1. The van der Waals surface area contributed by atoms with Gasteiger partial charge in [0.15, 0.2) is 5.82 Å². The SMILES string of the molecule is Cc1ccccc1-c1nc(-c2cccnc2)nc2c1CN(C(=O)Nc1ccccc1)CC2. The molecule has 6 nitrogen and oxygen atoms in total. The quantitative estimate of drug-likeness (QED) is 0.499. The average molecular weight is 422 g/mol. The van der Waals surface area contributed by atoms with Crippen LogP contribution < -0.4 is 5.32 Å². The molecule has 0 atom stereocenters. The van der Waals surface area contributed by atoms with Crippen molar-refractivity contribution in [3.8, 4) is 22.6 Å². The van der Waals surface area contributed by atoms with E-state index < -0.39 is 0 Å². The van der Waals surface area contributed by atoms with Crippen LogP contribution >= 0.6 is 0 Å². The predicted molar refractivity (Wildman–Crippen MR) is 125 cm³/mol. The number of aromatic nitrogens is 3. The van der Waals surface area contributed by atoms with Crippen molar-refractivity contribution >= 4 is 11.7 Å². The topological polar surface area (TPSA) is 71.0 Å². The van der Waals surface area contributed by atoms with Gasteiger partial charge in [-0.25, -0.2) is 14.8 Å². The lowest BCUT2D eigenvalue weighted by Crippen LogP contribution is -2.39. The van der Waals surface area contributed by atoms with Gasteiger partial charge >= 0.3 is 6.03 Å². The van der Waals surface area contributed by atoms with E-state index in [1.54, 1.807) is 12.4 Å². The number of urea groups is 1. The molecule has 4 aromatic rings. The minimum Gasteiger partial charge on any atom is -0.320 e. The molecule has 2 amide bonds. The zero-order valence-corrected chi connectivity index (χ0v) is 17.8. The molecule has 0 aliphatic carbocycles. The summed E-state index contributed by atoms with van der Waals surface area (Å²) in [7, 11) is 0. The molecule has 1 aliphatic heterocycles. The summed E-state index contributed by atoms with van der Waals surface area (Å²) >= 11 is 0. The van der Waals surface area contributed by atoms with Gasteiger partial charge in [-0.3, -0.25) is 4.98 Å². The van der Waals surface area contributed by atoms with Gasteiger partial charge in [-0.15, -0.1) is 0 Å². The largest absolute Gasteiger partial charge is 0.322 e. The molecule has 0 radical (unpaired) electrons. The minimum absolute atomic E-state index is 0.117. The first kappa shape index (κ1) is 19.9. The average Bonchev–Trinajstić information content (AvgIpc) is 2.84. The lowest BCUT2D eigenvalue weighted by atomic mass is 9.96. The molecule has 1 N–H and O–H groups in total. The number of nitrogens with zero attached hydrogens (tertiary/aromatic N) is 4. The first-order chi connectivity index (χ1) is 15.7. The highest BCUT2D eigenvalue weighted by molar-refractivity contribution is 5.89. The van der Waals surface area contributed by atoms with Crippen molar-refractivity contribution in [1.29, 1.82) is 0 Å². The molecule has 0 unspecified atom stereocenters. The summed E-state index contributed by atoms with van der Waals surface area (Å²) in [5, 5.41) is 2.99. The Kier molecular flexibility index (Phi) is 5.34. The van der Waals surface area contributed by atoms with Crippen LogP contribution in [0.2, 0.25) is 0 Å². The van der Waals surface area contributed by atoms with Crippen molar-refractivity contribution in [1.82, 2.24) is 19.9 Å². The summed E-state index contributed by atoms with van der Waals surface area (Å²) in [6.07, 6.45) is 4.20. The van der Waals surface area contributed by atoms with E-state index in [0.717, 1.165) is 39.3 Å². The molecule has 158 valence electrons. The Morgan fingerprint density at radius 1 is 0.969 bits per heavy atom. The lowest BCUT2D eigenvalue weighted by Gasteiger charge is -2.30. The Hall–Kier alpha value is -4.06. The molecule has 2 aromatic carbocycles. The number of anilines is 1. The normalized spacial score (nSPS) is 12.8. The molecule has 2 aromatic heterocycles. The van der Waals surface area contributed by atoms with Crippen molar-refractivity contribution in [3.63, 3.8) is 0 Å². The Bertz CT molecular complexity index is 1260. The Balaban J connectivity index is 1.54. The Morgan fingerprint density at radius 2 is 1.78 bits per heavy atom. The van der Waals surface area contributed by atoms with Crippen molar-refractivity contribution in [2.45, 2.75) is 19.9 Å². The third-order valence-electron chi connectivity index (χ3n) is 5.69. The number of hydrogen-bond donors (Lipinski definition) is 1. The highest BCUT2D eigenvalue weighted by Crippen LogP contribution is 2.32. The fourth-order valence-electron chi connectivity index (χ4n) is 4.00. The second kappa shape index (κ2) is 8.59. The van der Waals surface area contributed by atoms with E-state index in [4.69, 9.17) is 9.97 Å². The van der Waals surface area contributed by atoms with E-state index in [0.29, 0.717) is 25.3 Å². The summed E-state index contributed by atoms with van der Waals surface area (Å²) in [6, 6.07) is 21.5. The summed E-state index contributed by atoms with van der Waals surface area (Å²) in [5.41, 5.74) is 6.73. The number of nitrogens with one attached hydrogen (secondary N) is 1. The summed E-state index contributed by atoms with van der Waals surface area (Å²) in [5.74, 6) is 0.664. The number of benzene rings is 2. The molecule has 0 saturated carbocycles. The maximum atomic E-state index is 12.9. The monoisotopic (exact) mass is 421 g/mol. The third kappa shape index (κ3) is 3.95. The number of hydrogen-bond acceptors (Lipinski definition) is 4. The molecule has 0 saturated heterocycles. The number of pyridine rings is 1. The third-order valence-corrected chi connectivity index (χ3v) is 5.69. The van der Waals surface area contributed by atoms with Crippen LogP contribution in [0.3, 0.4) is 0 Å². The number of carbonyl (C=O) groups is 1. The highest BCUT2D eigenvalue weighted by Gasteiger charge is 2.27. The fourth-order valence-corrected chi connectivity index (χ4v) is 4.00. The van der Waals surface area contributed by atoms with Crippen LogP contribution in [0, 0.1) is 6.92 Å². The van der Waals surface area contributed by atoms with Crippen LogP contribution in [0.25, 0.3) is 22.6 Å². The van der Waals surface area contributed by atoms with Crippen LogP contribution in [0.15, 0.2) is 79.1 Å². The molecular formula is C26H23N5O. The van der Waals surface area contributed by atoms with Gasteiger partial charge in [-0.2, -0.15) is 0 Å². The molecule has 32 heavy (non-hydrogen) atoms. The lowest BCUT2D eigenvalue weighted by molar-refractivity contribution is 0.206. The van der Waals surface area contributed by atoms with Gasteiger partial charge in [0, 0.05) is 47.7 Å². The second-order valence-electron chi connectivity index (χ2n) is 7.85. The second-order valence-corrected chi connectivity index (χ2v) is 7.85. The molecule has 5 rings (SSSR count). The zero-order valence-electron chi connectivity index (χ0n) is 17.8. The molecular weight excluding hydrogens is 398 g/mol. The first-order valence-electron chi connectivity index (χ1n) is 10.7. The van der Waals surface area contributed by atoms with Crippen LogP contribution in [0.5, 0.6) is 0 Å². The van der Waals surface area contributed by atoms with Crippen molar-refractivity contribution in [3.05, 3.63) is 95.9 Å². The number of fused-ring (bicyclic) bond motifs is 1. The van der Waals surface area contributed by atoms with E-state index in [1.807, 2.05) is 59.5 Å². The highest BCUT2D eigenvalue weighted by atomic mass is 16.2. The number of rotatable bonds is 3. The molecule has 0 fully saturated rings. The van der Waals surface area contributed by atoms with E-state index in [-0.39, 0.29) is 6.03 Å². The molecule has 0 bridgehead atoms. The van der Waals surface area contributed by atoms with E-state index >= 15 is 0 Å². The maximum absolute atomic E-state index is 12.9. The zero-order chi connectivity index (χ0) is 21.9. The van der Waals surface area contributed by atoms with Crippen molar-refractivity contribution in [2.24, 2.45) is 0 Å². The summed E-state index contributed by atoms with van der Waals surface area (Å²) in [4.78, 5) is 28.8. The van der Waals surface area contributed by atoms with Crippen LogP contribution in [-0.4, -0.2) is 32.4 Å². The summed E-state index contributed by atoms with van der Waals surface area (Å²) < 4.78 is 0. The van der Waals surface area contributed by atoms with Crippen molar-refractivity contribution < 1.29 is 4.79 Å². The van der Waals surface area contributed by atoms with Gasteiger partial charge in [-0.1, -0.05) is 42.5 Å². The Labute approximate surface area is 187 Å². The molecule has 1 aliphatic rings. The predicted octanol–water partition coefficient (Wildman–Crippen LogP) is 5.10. The molecule has 6 heteroatoms. The standard InChI is InChI=1S/C26H23N5O/c1-18-8-5-6-12-21(18)24-22-17-31(26(32)28-20-10-3-2-4-11-20)15-13-23(22)29-25(30-24)19-9-7-14-27-16-19/h2-12,14,16H,13,15,17H2,1H3,(H,28,32). The van der Waals surface area contributed by atoms with Crippen LogP contribution in [0.4, 0.5) is 10.5 Å². The van der Waals surface area contributed by atoms with E-state index in [1.165, 1.54) is 0 Å². The number of amides is 2. The summed E-state index contributed by atoms with van der Waals surface area (Å²) in [6.45, 7) is 3.14. The van der Waals surface area contributed by atoms with E-state index in [2.05, 4.69) is 29.4 Å². The van der Waals surface area contributed by atoms with Gasteiger partial charge in [0.1, 0.15) is 0 Å².